The van der Waals surface area contributed by atoms with Crippen LogP contribution in [0.1, 0.15) is 24.0 Å². The van der Waals surface area contributed by atoms with Crippen LogP contribution in [0.25, 0.3) is 34.0 Å². The molecule has 0 bridgehead atoms. The molecule has 0 atom stereocenters. The second kappa shape index (κ2) is 7.75. The van der Waals surface area contributed by atoms with E-state index in [4.69, 9.17) is 0 Å². The Labute approximate surface area is 153 Å². The summed E-state index contributed by atoms with van der Waals surface area (Å²) in [5, 5.41) is 2.36. The molecule has 0 N–H and O–H groups in total. The van der Waals surface area contributed by atoms with Crippen LogP contribution in [0.2, 0.25) is 0 Å². The average molecular weight is 336 g/mol. The van der Waals surface area contributed by atoms with E-state index in [9.17, 15) is 0 Å². The molecule has 0 amide bonds. The monoisotopic (exact) mass is 336 g/mol. The molecule has 4 rings (SSSR count). The molecule has 0 aliphatic heterocycles. The highest BCUT2D eigenvalue weighted by Crippen LogP contribution is 2.16. The third-order valence-corrected chi connectivity index (χ3v) is 4.38. The van der Waals surface area contributed by atoms with Crippen molar-refractivity contribution in [3.05, 3.63) is 96.3 Å². The molecular formula is C24H20N2. The number of hydrogen-bond acceptors (Lipinski definition) is 2. The van der Waals surface area contributed by atoms with E-state index >= 15 is 0 Å². The first-order valence-electron chi connectivity index (χ1n) is 8.91. The fourth-order valence-corrected chi connectivity index (χ4v) is 3.02. The van der Waals surface area contributed by atoms with Gasteiger partial charge in [-0.05, 0) is 54.3 Å². The zero-order valence-electron chi connectivity index (χ0n) is 14.5. The molecule has 2 heteroatoms. The van der Waals surface area contributed by atoms with Crippen molar-refractivity contribution in [1.29, 1.82) is 0 Å². The Morgan fingerprint density at radius 2 is 1.27 bits per heavy atom. The molecule has 2 nitrogen and oxygen atoms in total. The number of nitrogens with zero attached hydrogens (tertiary/aromatic N) is 2. The van der Waals surface area contributed by atoms with Gasteiger partial charge in [-0.25, -0.2) is 0 Å². The van der Waals surface area contributed by atoms with Gasteiger partial charge in [0, 0.05) is 23.2 Å². The van der Waals surface area contributed by atoms with Gasteiger partial charge in [0.15, 0.2) is 0 Å². The summed E-state index contributed by atoms with van der Waals surface area (Å²) in [6, 6.07) is 20.9. The van der Waals surface area contributed by atoms with Crippen molar-refractivity contribution in [3.8, 4) is 0 Å². The summed E-state index contributed by atoms with van der Waals surface area (Å²) in [4.78, 5) is 8.76. The Balaban J connectivity index is 1.34. The number of pyridine rings is 2. The molecule has 0 aliphatic carbocycles. The van der Waals surface area contributed by atoms with E-state index in [0.717, 1.165) is 23.9 Å². The number of fused-ring (bicyclic) bond motifs is 2. The number of unbranched alkanes of at least 4 members (excludes halogenated alkanes) is 1. The highest BCUT2D eigenvalue weighted by atomic mass is 14.6. The minimum atomic E-state index is 1.02. The first kappa shape index (κ1) is 16.2. The van der Waals surface area contributed by atoms with E-state index in [1.165, 1.54) is 21.9 Å². The van der Waals surface area contributed by atoms with Crippen LogP contribution >= 0.6 is 0 Å². The predicted octanol–water partition coefficient (Wildman–Crippen LogP) is 6.29. The van der Waals surface area contributed by atoms with Crippen molar-refractivity contribution in [2.45, 2.75) is 12.8 Å². The molecule has 2 aromatic heterocycles. The molecular weight excluding hydrogens is 316 g/mol. The Kier molecular flexibility index (Phi) is 4.83. The predicted molar refractivity (Wildman–Crippen MR) is 111 cm³/mol. The molecule has 0 saturated carbocycles. The smallest absolute Gasteiger partial charge is 0.0707 e. The van der Waals surface area contributed by atoms with Crippen LogP contribution < -0.4 is 0 Å². The minimum Gasteiger partial charge on any atom is -0.256 e. The zero-order valence-corrected chi connectivity index (χ0v) is 14.5. The van der Waals surface area contributed by atoms with Crippen LogP contribution in [0.4, 0.5) is 0 Å². The maximum absolute atomic E-state index is 4.41. The van der Waals surface area contributed by atoms with Crippen LogP contribution in [0.5, 0.6) is 0 Å². The Morgan fingerprint density at radius 3 is 2.08 bits per heavy atom. The molecule has 0 spiro atoms. The fourth-order valence-electron chi connectivity index (χ4n) is 3.02. The molecule has 26 heavy (non-hydrogen) atoms. The summed E-state index contributed by atoms with van der Waals surface area (Å²) >= 11 is 0. The largest absolute Gasteiger partial charge is 0.256 e. The lowest BCUT2D eigenvalue weighted by atomic mass is 10.1. The molecule has 0 unspecified atom stereocenters. The maximum atomic E-state index is 4.41. The Hall–Kier alpha value is -3.26. The van der Waals surface area contributed by atoms with Gasteiger partial charge in [-0.1, -0.05) is 54.6 Å². The molecule has 0 saturated heterocycles. The van der Waals surface area contributed by atoms with Gasteiger partial charge in [0.2, 0.25) is 0 Å². The van der Waals surface area contributed by atoms with Crippen molar-refractivity contribution in [2.24, 2.45) is 0 Å². The van der Waals surface area contributed by atoms with E-state index in [-0.39, 0.29) is 0 Å². The number of allylic oxidation sites excluding steroid dienone is 2. The van der Waals surface area contributed by atoms with E-state index in [1.807, 2.05) is 24.5 Å². The Morgan fingerprint density at radius 1 is 0.615 bits per heavy atom. The van der Waals surface area contributed by atoms with Crippen LogP contribution in [0.15, 0.2) is 85.2 Å². The van der Waals surface area contributed by atoms with E-state index in [1.54, 1.807) is 0 Å². The van der Waals surface area contributed by atoms with Gasteiger partial charge < -0.3 is 0 Å². The summed E-state index contributed by atoms with van der Waals surface area (Å²) < 4.78 is 0. The van der Waals surface area contributed by atoms with Crippen LogP contribution in [0, 0.1) is 0 Å². The topological polar surface area (TPSA) is 25.8 Å². The molecule has 2 heterocycles. The number of hydrogen-bond donors (Lipinski definition) is 0. The molecule has 126 valence electrons. The SMILES string of the molecule is C(=Cc1ccc2ncccc2c1)CCC=Cc1ccc2cccnc2c1. The molecule has 4 aromatic rings. The standard InChI is InChI=1S/C24H20N2/c1(3-7-19-12-14-23-22(17-19)10-6-15-25-23)2-4-8-20-11-13-21-9-5-16-26-24(21)18-20/h3-18H,1-2H2. The lowest BCUT2D eigenvalue weighted by molar-refractivity contribution is 1.06. The average Bonchev–Trinajstić information content (AvgIpc) is 2.70. The van der Waals surface area contributed by atoms with Crippen LogP contribution in [-0.4, -0.2) is 9.97 Å². The van der Waals surface area contributed by atoms with Crippen LogP contribution in [-0.2, 0) is 0 Å². The van der Waals surface area contributed by atoms with Crippen molar-refractivity contribution < 1.29 is 0 Å². The Bertz CT molecular complexity index is 1000. The number of aromatic nitrogens is 2. The summed E-state index contributed by atoms with van der Waals surface area (Å²) in [5.74, 6) is 0. The fraction of sp³-hybridized carbons (Fsp3) is 0.0833. The van der Waals surface area contributed by atoms with Gasteiger partial charge >= 0.3 is 0 Å². The first-order valence-corrected chi connectivity index (χ1v) is 8.91. The third-order valence-electron chi connectivity index (χ3n) is 4.38. The highest BCUT2D eigenvalue weighted by Gasteiger charge is 1.95. The van der Waals surface area contributed by atoms with Gasteiger partial charge in [-0.15, -0.1) is 0 Å². The molecule has 0 fully saturated rings. The van der Waals surface area contributed by atoms with Crippen molar-refractivity contribution in [3.63, 3.8) is 0 Å². The van der Waals surface area contributed by atoms with Gasteiger partial charge in [0.1, 0.15) is 0 Å². The second-order valence-electron chi connectivity index (χ2n) is 6.29. The first-order chi connectivity index (χ1) is 12.9. The quantitative estimate of drug-likeness (QED) is 0.400. The third kappa shape index (κ3) is 3.86. The number of benzene rings is 2. The van der Waals surface area contributed by atoms with E-state index < -0.39 is 0 Å². The van der Waals surface area contributed by atoms with Gasteiger partial charge in [-0.2, -0.15) is 0 Å². The van der Waals surface area contributed by atoms with Crippen molar-refractivity contribution in [2.75, 3.05) is 0 Å². The van der Waals surface area contributed by atoms with Crippen molar-refractivity contribution in [1.82, 2.24) is 9.97 Å². The summed E-state index contributed by atoms with van der Waals surface area (Å²) in [5.41, 5.74) is 4.50. The second-order valence-corrected chi connectivity index (χ2v) is 6.29. The summed E-state index contributed by atoms with van der Waals surface area (Å²) in [7, 11) is 0. The van der Waals surface area contributed by atoms with E-state index in [2.05, 4.69) is 82.8 Å². The van der Waals surface area contributed by atoms with Gasteiger partial charge in [0.25, 0.3) is 0 Å². The minimum absolute atomic E-state index is 1.02. The van der Waals surface area contributed by atoms with Crippen LogP contribution in [0.3, 0.4) is 0 Å². The van der Waals surface area contributed by atoms with E-state index in [0.29, 0.717) is 0 Å². The number of rotatable bonds is 5. The highest BCUT2D eigenvalue weighted by molar-refractivity contribution is 5.81. The molecule has 2 aromatic carbocycles. The molecule has 0 aliphatic rings. The molecule has 0 radical (unpaired) electrons. The maximum Gasteiger partial charge on any atom is 0.0707 e. The van der Waals surface area contributed by atoms with Gasteiger partial charge in [0.05, 0.1) is 11.0 Å². The lowest BCUT2D eigenvalue weighted by Crippen LogP contribution is -1.79. The normalized spacial score (nSPS) is 11.8. The van der Waals surface area contributed by atoms with Crippen molar-refractivity contribution >= 4 is 34.0 Å². The summed E-state index contributed by atoms with van der Waals surface area (Å²) in [6.45, 7) is 0. The van der Waals surface area contributed by atoms with Gasteiger partial charge in [-0.3, -0.25) is 9.97 Å². The summed E-state index contributed by atoms with van der Waals surface area (Å²) in [6.07, 6.45) is 14.5. The zero-order chi connectivity index (χ0) is 17.6. The lowest BCUT2D eigenvalue weighted by Gasteiger charge is -1.99.